The Bertz CT molecular complexity index is 495. The van der Waals surface area contributed by atoms with E-state index in [4.69, 9.17) is 0 Å². The first-order valence-corrected chi connectivity index (χ1v) is 9.84. The van der Waals surface area contributed by atoms with Crippen LogP contribution in [0.1, 0.15) is 52.4 Å². The van der Waals surface area contributed by atoms with E-state index in [0.717, 1.165) is 25.7 Å². The van der Waals surface area contributed by atoms with Gasteiger partial charge in [0, 0.05) is 32.1 Å². The lowest BCUT2D eigenvalue weighted by molar-refractivity contribution is -0.143. The van der Waals surface area contributed by atoms with Gasteiger partial charge in [-0.15, -0.1) is 0 Å². The highest BCUT2D eigenvalue weighted by Gasteiger charge is 2.32. The molecule has 0 radical (unpaired) electrons. The molecule has 0 aromatic carbocycles. The number of amides is 3. The minimum absolute atomic E-state index is 0.0890. The lowest BCUT2D eigenvalue weighted by Crippen LogP contribution is -2.56. The van der Waals surface area contributed by atoms with E-state index in [2.05, 4.69) is 10.1 Å². The molecule has 0 spiro atoms. The second-order valence-corrected chi connectivity index (χ2v) is 7.80. The highest BCUT2D eigenvalue weighted by atomic mass is 16.5. The van der Waals surface area contributed by atoms with Gasteiger partial charge in [0.15, 0.2) is 0 Å². The van der Waals surface area contributed by atoms with Gasteiger partial charge in [-0.25, -0.2) is 4.79 Å². The predicted molar refractivity (Wildman–Crippen MR) is 98.5 cm³/mol. The average Bonchev–Trinajstić information content (AvgIpc) is 2.66. The number of alkyl carbamates (subject to hydrolysis) is 1. The first kappa shape index (κ1) is 20.5. The van der Waals surface area contributed by atoms with Gasteiger partial charge in [0.2, 0.25) is 11.8 Å². The van der Waals surface area contributed by atoms with Crippen LogP contribution in [0, 0.1) is 11.8 Å². The predicted octanol–water partition coefficient (Wildman–Crippen LogP) is 2.01. The van der Waals surface area contributed by atoms with Crippen molar-refractivity contribution < 1.29 is 19.1 Å². The highest BCUT2D eigenvalue weighted by molar-refractivity contribution is 5.86. The third-order valence-corrected chi connectivity index (χ3v) is 5.34. The first-order valence-electron chi connectivity index (χ1n) is 9.84. The van der Waals surface area contributed by atoms with Gasteiger partial charge >= 0.3 is 6.09 Å². The Balaban J connectivity index is 1.88. The topological polar surface area (TPSA) is 79.0 Å². The quantitative estimate of drug-likeness (QED) is 0.806. The van der Waals surface area contributed by atoms with Crippen LogP contribution in [0.3, 0.4) is 0 Å². The largest absolute Gasteiger partial charge is 0.453 e. The zero-order valence-corrected chi connectivity index (χ0v) is 16.3. The van der Waals surface area contributed by atoms with Crippen molar-refractivity contribution in [3.05, 3.63) is 0 Å². The van der Waals surface area contributed by atoms with Crippen LogP contribution >= 0.6 is 0 Å². The number of rotatable bonds is 5. The van der Waals surface area contributed by atoms with Crippen molar-refractivity contribution in [3.63, 3.8) is 0 Å². The summed E-state index contributed by atoms with van der Waals surface area (Å²) in [6, 6.07) is -0.581. The zero-order chi connectivity index (χ0) is 19.1. The van der Waals surface area contributed by atoms with Crippen LogP contribution in [0.5, 0.6) is 0 Å². The molecule has 1 saturated carbocycles. The van der Waals surface area contributed by atoms with Crippen molar-refractivity contribution in [2.75, 3.05) is 33.3 Å². The van der Waals surface area contributed by atoms with E-state index in [1.807, 2.05) is 18.7 Å². The standard InChI is InChI=1S/C19H33N3O4/c1-14(2)13-16(20-19(25)26-3)18(24)22-11-9-21(10-12-22)17(23)15-7-5-4-6-8-15/h14-16H,4-13H2,1-3H3,(H,20,25). The van der Waals surface area contributed by atoms with E-state index in [1.165, 1.54) is 13.5 Å². The highest BCUT2D eigenvalue weighted by Crippen LogP contribution is 2.26. The van der Waals surface area contributed by atoms with E-state index >= 15 is 0 Å². The minimum Gasteiger partial charge on any atom is -0.453 e. The molecule has 1 saturated heterocycles. The number of piperazine rings is 1. The average molecular weight is 367 g/mol. The Morgan fingerprint density at radius 2 is 1.58 bits per heavy atom. The molecule has 2 rings (SSSR count). The van der Waals surface area contributed by atoms with E-state index in [1.54, 1.807) is 4.90 Å². The van der Waals surface area contributed by atoms with Crippen LogP contribution in [0.2, 0.25) is 0 Å². The van der Waals surface area contributed by atoms with Crippen LogP contribution in [-0.2, 0) is 14.3 Å². The normalized spacial score (nSPS) is 20.0. The van der Waals surface area contributed by atoms with Crippen molar-refractivity contribution in [2.45, 2.75) is 58.4 Å². The van der Waals surface area contributed by atoms with Crippen LogP contribution in [0.4, 0.5) is 4.79 Å². The molecule has 1 aliphatic carbocycles. The number of methoxy groups -OCH3 is 1. The summed E-state index contributed by atoms with van der Waals surface area (Å²) in [5.74, 6) is 0.605. The van der Waals surface area contributed by atoms with Crippen molar-refractivity contribution in [1.29, 1.82) is 0 Å². The fourth-order valence-corrected chi connectivity index (χ4v) is 3.87. The van der Waals surface area contributed by atoms with Crippen molar-refractivity contribution >= 4 is 17.9 Å². The molecule has 1 heterocycles. The molecule has 1 N–H and O–H groups in total. The molecule has 148 valence electrons. The maximum Gasteiger partial charge on any atom is 0.407 e. The first-order chi connectivity index (χ1) is 12.4. The third-order valence-electron chi connectivity index (χ3n) is 5.34. The molecule has 1 unspecified atom stereocenters. The smallest absolute Gasteiger partial charge is 0.407 e. The van der Waals surface area contributed by atoms with Gasteiger partial charge in [-0.1, -0.05) is 33.1 Å². The SMILES string of the molecule is COC(=O)NC(CC(C)C)C(=O)N1CCN(C(=O)C2CCCCC2)CC1. The Labute approximate surface area is 156 Å². The van der Waals surface area contributed by atoms with Gasteiger partial charge in [-0.2, -0.15) is 0 Å². The molecule has 0 bridgehead atoms. The molecular formula is C19H33N3O4. The molecule has 7 nitrogen and oxygen atoms in total. The Hall–Kier alpha value is -1.79. The zero-order valence-electron chi connectivity index (χ0n) is 16.3. The molecule has 26 heavy (non-hydrogen) atoms. The summed E-state index contributed by atoms with van der Waals surface area (Å²) in [4.78, 5) is 40.7. The molecular weight excluding hydrogens is 334 g/mol. The van der Waals surface area contributed by atoms with Gasteiger partial charge in [0.05, 0.1) is 7.11 Å². The van der Waals surface area contributed by atoms with Crippen molar-refractivity contribution in [2.24, 2.45) is 11.8 Å². The maximum atomic E-state index is 12.8. The molecule has 2 fully saturated rings. The number of hydrogen-bond donors (Lipinski definition) is 1. The Morgan fingerprint density at radius 3 is 2.12 bits per heavy atom. The summed E-state index contributed by atoms with van der Waals surface area (Å²) in [6.45, 7) is 6.23. The van der Waals surface area contributed by atoms with Gasteiger partial charge in [-0.05, 0) is 25.2 Å². The number of carbonyl (C=O) groups excluding carboxylic acids is 3. The van der Waals surface area contributed by atoms with Gasteiger partial charge in [0.25, 0.3) is 0 Å². The molecule has 7 heteroatoms. The summed E-state index contributed by atoms with van der Waals surface area (Å²) in [7, 11) is 1.29. The maximum absolute atomic E-state index is 12.8. The van der Waals surface area contributed by atoms with E-state index < -0.39 is 12.1 Å². The van der Waals surface area contributed by atoms with Gasteiger partial charge < -0.3 is 19.9 Å². The monoisotopic (exact) mass is 367 g/mol. The summed E-state index contributed by atoms with van der Waals surface area (Å²) in [5.41, 5.74) is 0. The lowest BCUT2D eigenvalue weighted by Gasteiger charge is -2.38. The summed E-state index contributed by atoms with van der Waals surface area (Å²) in [6.07, 6.45) is 5.49. The minimum atomic E-state index is -0.588. The Morgan fingerprint density at radius 1 is 1.00 bits per heavy atom. The molecule has 3 amide bonds. The number of ether oxygens (including phenoxy) is 1. The van der Waals surface area contributed by atoms with Gasteiger partial charge in [-0.3, -0.25) is 9.59 Å². The molecule has 0 aromatic heterocycles. The third kappa shape index (κ3) is 5.61. The second kappa shape index (κ2) is 9.78. The van der Waals surface area contributed by atoms with Crippen LogP contribution in [-0.4, -0.2) is 67.0 Å². The lowest BCUT2D eigenvalue weighted by atomic mass is 9.88. The van der Waals surface area contributed by atoms with E-state index in [9.17, 15) is 14.4 Å². The van der Waals surface area contributed by atoms with Crippen molar-refractivity contribution in [1.82, 2.24) is 15.1 Å². The van der Waals surface area contributed by atoms with E-state index in [-0.39, 0.29) is 23.7 Å². The number of nitrogens with zero attached hydrogens (tertiary/aromatic N) is 2. The van der Waals surface area contributed by atoms with Crippen LogP contribution in [0.15, 0.2) is 0 Å². The fraction of sp³-hybridized carbons (Fsp3) is 0.842. The summed E-state index contributed by atoms with van der Waals surface area (Å²) in [5, 5.41) is 2.65. The molecule has 1 atom stereocenters. The summed E-state index contributed by atoms with van der Waals surface area (Å²) >= 11 is 0. The van der Waals surface area contributed by atoms with Gasteiger partial charge in [0.1, 0.15) is 6.04 Å². The molecule has 0 aromatic rings. The number of nitrogens with one attached hydrogen (secondary N) is 1. The number of hydrogen-bond acceptors (Lipinski definition) is 4. The number of carbonyl (C=O) groups is 3. The molecule has 2 aliphatic rings. The van der Waals surface area contributed by atoms with Crippen LogP contribution < -0.4 is 5.32 Å². The molecule has 1 aliphatic heterocycles. The summed E-state index contributed by atoms with van der Waals surface area (Å²) < 4.78 is 4.64. The Kier molecular flexibility index (Phi) is 7.72. The van der Waals surface area contributed by atoms with Crippen LogP contribution in [0.25, 0.3) is 0 Å². The van der Waals surface area contributed by atoms with E-state index in [0.29, 0.717) is 32.6 Å². The second-order valence-electron chi connectivity index (χ2n) is 7.80. The van der Waals surface area contributed by atoms with Crippen molar-refractivity contribution in [3.8, 4) is 0 Å². The fourth-order valence-electron chi connectivity index (χ4n) is 3.87.